The second-order valence-corrected chi connectivity index (χ2v) is 7.36. The molecule has 132 valence electrons. The number of carbonyl (C=O) groups excluding carboxylic acids is 2. The summed E-state index contributed by atoms with van der Waals surface area (Å²) in [5.74, 6) is -0.0917. The Morgan fingerprint density at radius 3 is 2.75 bits per heavy atom. The highest BCUT2D eigenvalue weighted by molar-refractivity contribution is 5.86. The summed E-state index contributed by atoms with van der Waals surface area (Å²) in [7, 11) is 0. The number of ether oxygens (including phenoxy) is 1. The van der Waals surface area contributed by atoms with Gasteiger partial charge in [-0.25, -0.2) is 4.79 Å². The van der Waals surface area contributed by atoms with Crippen LogP contribution in [0.15, 0.2) is 24.3 Å². The second kappa shape index (κ2) is 7.69. The molecule has 0 saturated carbocycles. The van der Waals surface area contributed by atoms with Crippen molar-refractivity contribution in [2.24, 2.45) is 0 Å². The molecule has 0 bridgehead atoms. The first kappa shape index (κ1) is 18.3. The predicted molar refractivity (Wildman–Crippen MR) is 93.9 cm³/mol. The smallest absolute Gasteiger partial charge is 0.410 e. The van der Waals surface area contributed by atoms with Crippen molar-refractivity contribution in [2.45, 2.75) is 58.6 Å². The van der Waals surface area contributed by atoms with Gasteiger partial charge in [0.25, 0.3) is 0 Å². The summed E-state index contributed by atoms with van der Waals surface area (Å²) < 4.78 is 5.40. The number of amides is 2. The molecule has 0 unspecified atom stereocenters. The van der Waals surface area contributed by atoms with Crippen LogP contribution < -0.4 is 5.32 Å². The first-order chi connectivity index (χ1) is 11.3. The van der Waals surface area contributed by atoms with Crippen LogP contribution in [0.4, 0.5) is 4.79 Å². The molecule has 1 aliphatic rings. The molecular formula is C19H28N2O3. The third-order valence-corrected chi connectivity index (χ3v) is 3.98. The molecule has 1 fully saturated rings. The molecular weight excluding hydrogens is 304 g/mol. The minimum Gasteiger partial charge on any atom is -0.444 e. The number of hydrogen-bond donors (Lipinski definition) is 1. The fourth-order valence-corrected chi connectivity index (χ4v) is 2.89. The largest absolute Gasteiger partial charge is 0.444 e. The van der Waals surface area contributed by atoms with Crippen LogP contribution in [-0.2, 0) is 16.0 Å². The second-order valence-electron chi connectivity index (χ2n) is 7.36. The van der Waals surface area contributed by atoms with Crippen molar-refractivity contribution in [1.82, 2.24) is 10.2 Å². The minimum atomic E-state index is -0.550. The molecule has 5 nitrogen and oxygen atoms in total. The highest BCUT2D eigenvalue weighted by Crippen LogP contribution is 2.21. The van der Waals surface area contributed by atoms with Gasteiger partial charge in [-0.2, -0.15) is 0 Å². The number of nitrogens with one attached hydrogen (secondary N) is 1. The number of nitrogens with zero attached hydrogens (tertiary/aromatic N) is 1. The van der Waals surface area contributed by atoms with E-state index in [4.69, 9.17) is 4.74 Å². The topological polar surface area (TPSA) is 58.6 Å². The molecule has 1 atom stereocenters. The summed E-state index contributed by atoms with van der Waals surface area (Å²) in [4.78, 5) is 26.2. The van der Waals surface area contributed by atoms with E-state index in [0.29, 0.717) is 19.5 Å². The van der Waals surface area contributed by atoms with Crippen LogP contribution in [0.2, 0.25) is 0 Å². The Bertz CT molecular complexity index is 593. The van der Waals surface area contributed by atoms with Gasteiger partial charge in [-0.3, -0.25) is 9.69 Å². The van der Waals surface area contributed by atoms with Crippen molar-refractivity contribution in [3.8, 4) is 0 Å². The molecule has 0 aromatic heterocycles. The van der Waals surface area contributed by atoms with E-state index in [-0.39, 0.29) is 5.91 Å². The molecule has 0 aliphatic carbocycles. The van der Waals surface area contributed by atoms with E-state index in [1.807, 2.05) is 26.8 Å². The van der Waals surface area contributed by atoms with Crippen LogP contribution >= 0.6 is 0 Å². The summed E-state index contributed by atoms with van der Waals surface area (Å²) >= 11 is 0. The summed E-state index contributed by atoms with van der Waals surface area (Å²) in [6, 6.07) is 7.83. The Kier molecular flexibility index (Phi) is 5.86. The molecule has 1 aromatic rings. The Morgan fingerprint density at radius 1 is 1.33 bits per heavy atom. The third kappa shape index (κ3) is 5.25. The van der Waals surface area contributed by atoms with E-state index in [1.54, 1.807) is 4.90 Å². The summed E-state index contributed by atoms with van der Waals surface area (Å²) in [5.41, 5.74) is 1.86. The maximum absolute atomic E-state index is 12.4. The van der Waals surface area contributed by atoms with Gasteiger partial charge in [-0.1, -0.05) is 29.8 Å². The molecule has 1 saturated heterocycles. The number of rotatable bonds is 4. The van der Waals surface area contributed by atoms with Crippen molar-refractivity contribution in [2.75, 3.05) is 13.1 Å². The van der Waals surface area contributed by atoms with Crippen LogP contribution in [0.1, 0.15) is 44.7 Å². The molecule has 5 heteroatoms. The monoisotopic (exact) mass is 332 g/mol. The van der Waals surface area contributed by atoms with Gasteiger partial charge in [-0.05, 0) is 52.5 Å². The van der Waals surface area contributed by atoms with Gasteiger partial charge in [0.15, 0.2) is 0 Å². The van der Waals surface area contributed by atoms with E-state index >= 15 is 0 Å². The maximum atomic E-state index is 12.4. The van der Waals surface area contributed by atoms with Gasteiger partial charge in [0.1, 0.15) is 11.6 Å². The van der Waals surface area contributed by atoms with E-state index in [9.17, 15) is 9.59 Å². The normalized spacial score (nSPS) is 17.7. The van der Waals surface area contributed by atoms with Crippen molar-refractivity contribution in [1.29, 1.82) is 0 Å². The zero-order valence-electron chi connectivity index (χ0n) is 15.1. The number of carbonyl (C=O) groups is 2. The number of likely N-dealkylation sites (tertiary alicyclic amines) is 1. The highest BCUT2D eigenvalue weighted by atomic mass is 16.6. The summed E-state index contributed by atoms with van der Waals surface area (Å²) in [6.45, 7) is 8.69. The fourth-order valence-electron chi connectivity index (χ4n) is 2.89. The number of benzene rings is 1. The summed E-state index contributed by atoms with van der Waals surface area (Å²) in [6.07, 6.45) is 1.90. The minimum absolute atomic E-state index is 0.0917. The van der Waals surface area contributed by atoms with Gasteiger partial charge in [0, 0.05) is 13.1 Å². The third-order valence-electron chi connectivity index (χ3n) is 3.98. The zero-order valence-corrected chi connectivity index (χ0v) is 15.1. The van der Waals surface area contributed by atoms with E-state index in [1.165, 1.54) is 11.1 Å². The summed E-state index contributed by atoms with van der Waals surface area (Å²) in [5, 5.41) is 2.95. The molecule has 1 aromatic carbocycles. The molecule has 1 N–H and O–H groups in total. The van der Waals surface area contributed by atoms with E-state index in [2.05, 4.69) is 30.4 Å². The van der Waals surface area contributed by atoms with Gasteiger partial charge in [0.2, 0.25) is 5.91 Å². The number of aryl methyl sites for hydroxylation is 1. The molecule has 0 radical (unpaired) electrons. The van der Waals surface area contributed by atoms with Gasteiger partial charge < -0.3 is 10.1 Å². The Labute approximate surface area is 144 Å². The first-order valence-electron chi connectivity index (χ1n) is 8.59. The SMILES string of the molecule is Cc1cccc(CCNC(=O)[C@@H]2CCCN2C(=O)OC(C)(C)C)c1. The fraction of sp³-hybridized carbons (Fsp3) is 0.579. The van der Waals surface area contributed by atoms with Crippen LogP contribution in [0.25, 0.3) is 0 Å². The van der Waals surface area contributed by atoms with E-state index in [0.717, 1.165) is 12.8 Å². The van der Waals surface area contributed by atoms with E-state index < -0.39 is 17.7 Å². The van der Waals surface area contributed by atoms with Crippen LogP contribution in [0.5, 0.6) is 0 Å². The van der Waals surface area contributed by atoms with Crippen LogP contribution in [-0.4, -0.2) is 41.6 Å². The molecule has 2 rings (SSSR count). The highest BCUT2D eigenvalue weighted by Gasteiger charge is 2.36. The zero-order chi connectivity index (χ0) is 17.7. The lowest BCUT2D eigenvalue weighted by atomic mass is 10.1. The van der Waals surface area contributed by atoms with Crippen molar-refractivity contribution in [3.05, 3.63) is 35.4 Å². The average molecular weight is 332 g/mol. The molecule has 1 aliphatic heterocycles. The van der Waals surface area contributed by atoms with Crippen LogP contribution in [0, 0.1) is 6.92 Å². The van der Waals surface area contributed by atoms with Gasteiger partial charge in [-0.15, -0.1) is 0 Å². The first-order valence-corrected chi connectivity index (χ1v) is 8.59. The average Bonchev–Trinajstić information content (AvgIpc) is 2.95. The van der Waals surface area contributed by atoms with Gasteiger partial charge >= 0.3 is 6.09 Å². The molecule has 0 spiro atoms. The van der Waals surface area contributed by atoms with Crippen molar-refractivity contribution in [3.63, 3.8) is 0 Å². The molecule has 24 heavy (non-hydrogen) atoms. The quantitative estimate of drug-likeness (QED) is 0.922. The van der Waals surface area contributed by atoms with Crippen LogP contribution in [0.3, 0.4) is 0 Å². The predicted octanol–water partition coefficient (Wildman–Crippen LogP) is 3.05. The Hall–Kier alpha value is -2.04. The lowest BCUT2D eigenvalue weighted by molar-refractivity contribution is -0.125. The lowest BCUT2D eigenvalue weighted by Crippen LogP contribution is -2.47. The Morgan fingerprint density at radius 2 is 2.08 bits per heavy atom. The van der Waals surface area contributed by atoms with Crippen molar-refractivity contribution < 1.29 is 14.3 Å². The maximum Gasteiger partial charge on any atom is 0.410 e. The number of hydrogen-bond acceptors (Lipinski definition) is 3. The lowest BCUT2D eigenvalue weighted by Gasteiger charge is -2.28. The molecule has 1 heterocycles. The molecule has 2 amide bonds. The van der Waals surface area contributed by atoms with Gasteiger partial charge in [0.05, 0.1) is 0 Å². The van der Waals surface area contributed by atoms with Crippen molar-refractivity contribution >= 4 is 12.0 Å². The standard InChI is InChI=1S/C19H28N2O3/c1-14-7-5-8-15(13-14)10-11-20-17(22)16-9-6-12-21(16)18(23)24-19(2,3)4/h5,7-8,13,16H,6,9-12H2,1-4H3,(H,20,22)/t16-/m0/s1. The Balaban J connectivity index is 1.85.